The molecule has 150 valence electrons. The topological polar surface area (TPSA) is 53.4 Å². The van der Waals surface area contributed by atoms with Crippen LogP contribution in [0.15, 0.2) is 48.8 Å². The second kappa shape index (κ2) is 9.51. The van der Waals surface area contributed by atoms with Crippen LogP contribution >= 0.6 is 0 Å². The first-order valence-electron chi connectivity index (χ1n) is 9.57. The van der Waals surface area contributed by atoms with Gasteiger partial charge in [0.15, 0.2) is 0 Å². The molecule has 0 fully saturated rings. The van der Waals surface area contributed by atoms with Gasteiger partial charge >= 0.3 is 5.97 Å². The first kappa shape index (κ1) is 21.6. The molecular formula is C23H30N2O3. The Bertz CT molecular complexity index is 915. The van der Waals surface area contributed by atoms with Gasteiger partial charge in [-0.05, 0) is 37.1 Å². The molecule has 28 heavy (non-hydrogen) atoms. The van der Waals surface area contributed by atoms with Crippen molar-refractivity contribution in [3.63, 3.8) is 0 Å². The Kier molecular flexibility index (Phi) is 7.35. The van der Waals surface area contributed by atoms with Gasteiger partial charge in [0, 0.05) is 30.3 Å². The number of nitrogens with zero attached hydrogens (tertiary/aromatic N) is 2. The van der Waals surface area contributed by atoms with Gasteiger partial charge in [-0.25, -0.2) is 4.98 Å². The molecule has 5 nitrogen and oxygen atoms in total. The minimum absolute atomic E-state index is 0.126. The first-order valence-corrected chi connectivity index (χ1v) is 9.57. The molecule has 1 atom stereocenters. The summed E-state index contributed by atoms with van der Waals surface area (Å²) >= 11 is 0. The van der Waals surface area contributed by atoms with E-state index in [9.17, 15) is 4.79 Å². The van der Waals surface area contributed by atoms with Crippen molar-refractivity contribution in [3.8, 4) is 0 Å². The number of hydrogen-bond donors (Lipinski definition) is 0. The number of aryl methyl sites for hydroxylation is 1. The van der Waals surface area contributed by atoms with Crippen LogP contribution in [0.2, 0.25) is 0 Å². The number of hydrogen-bond acceptors (Lipinski definition) is 4. The zero-order chi connectivity index (χ0) is 20.7. The zero-order valence-electron chi connectivity index (χ0n) is 17.7. The number of aromatic nitrogens is 2. The van der Waals surface area contributed by atoms with Gasteiger partial charge in [-0.1, -0.05) is 43.7 Å². The maximum atomic E-state index is 11.8. The molecule has 3 aromatic rings. The van der Waals surface area contributed by atoms with Crippen molar-refractivity contribution in [1.29, 1.82) is 0 Å². The molecule has 0 aliphatic rings. The third-order valence-corrected chi connectivity index (χ3v) is 4.88. The van der Waals surface area contributed by atoms with E-state index in [1.807, 2.05) is 36.7 Å². The predicted octanol–water partition coefficient (Wildman–Crippen LogP) is 4.50. The summed E-state index contributed by atoms with van der Waals surface area (Å²) < 4.78 is 12.3. The van der Waals surface area contributed by atoms with Gasteiger partial charge in [-0.2, -0.15) is 0 Å². The summed E-state index contributed by atoms with van der Waals surface area (Å²) in [7, 11) is 3.10. The zero-order valence-corrected chi connectivity index (χ0v) is 17.7. The van der Waals surface area contributed by atoms with E-state index in [0.29, 0.717) is 6.61 Å². The van der Waals surface area contributed by atoms with Crippen LogP contribution in [0.25, 0.3) is 11.0 Å². The van der Waals surface area contributed by atoms with Crippen molar-refractivity contribution < 1.29 is 14.3 Å². The fourth-order valence-corrected chi connectivity index (χ4v) is 3.41. The van der Waals surface area contributed by atoms with Gasteiger partial charge < -0.3 is 14.0 Å². The lowest BCUT2D eigenvalue weighted by molar-refractivity contribution is -0.141. The number of rotatable bonds is 6. The van der Waals surface area contributed by atoms with Gasteiger partial charge in [0.05, 0.1) is 13.7 Å². The van der Waals surface area contributed by atoms with Gasteiger partial charge in [0.2, 0.25) is 0 Å². The average Bonchev–Trinajstić information content (AvgIpc) is 3.09. The predicted molar refractivity (Wildman–Crippen MR) is 113 cm³/mol. The summed E-state index contributed by atoms with van der Waals surface area (Å²) in [5.74, 6) is -0.303. The fourth-order valence-electron chi connectivity index (χ4n) is 3.41. The van der Waals surface area contributed by atoms with Gasteiger partial charge in [-0.3, -0.25) is 4.79 Å². The number of esters is 1. The van der Waals surface area contributed by atoms with E-state index in [2.05, 4.69) is 43.1 Å². The summed E-state index contributed by atoms with van der Waals surface area (Å²) in [6.07, 6.45) is 3.73. The van der Waals surface area contributed by atoms with Crippen molar-refractivity contribution in [3.05, 3.63) is 65.5 Å². The van der Waals surface area contributed by atoms with Crippen molar-refractivity contribution in [1.82, 2.24) is 9.55 Å². The number of carbonyl (C=O) groups excluding carboxylic acids is 1. The van der Waals surface area contributed by atoms with Crippen LogP contribution in [-0.4, -0.2) is 36.3 Å². The minimum Gasteiger partial charge on any atom is -0.468 e. The summed E-state index contributed by atoms with van der Waals surface area (Å²) in [6.45, 7) is 8.87. The van der Waals surface area contributed by atoms with E-state index in [4.69, 9.17) is 9.47 Å². The van der Waals surface area contributed by atoms with Crippen molar-refractivity contribution in [2.75, 3.05) is 20.8 Å². The van der Waals surface area contributed by atoms with Crippen LogP contribution in [0.4, 0.5) is 0 Å². The highest BCUT2D eigenvalue weighted by molar-refractivity contribution is 5.84. The molecule has 0 bridgehead atoms. The van der Waals surface area contributed by atoms with Crippen molar-refractivity contribution in [2.24, 2.45) is 0 Å². The molecule has 5 heteroatoms. The summed E-state index contributed by atoms with van der Waals surface area (Å²) in [5, 5.41) is 1.01. The maximum Gasteiger partial charge on any atom is 0.325 e. The summed E-state index contributed by atoms with van der Waals surface area (Å²) in [4.78, 5) is 16.3. The van der Waals surface area contributed by atoms with Crippen LogP contribution in [0, 0.1) is 6.92 Å². The fraction of sp³-hybridized carbons (Fsp3) is 0.391. The van der Waals surface area contributed by atoms with Crippen molar-refractivity contribution >= 4 is 17.0 Å². The quantitative estimate of drug-likeness (QED) is 0.589. The molecule has 2 aromatic heterocycles. The molecule has 0 spiro atoms. The van der Waals surface area contributed by atoms with Crippen LogP contribution in [-0.2, 0) is 26.2 Å². The highest BCUT2D eigenvalue weighted by Gasteiger charge is 2.33. The molecule has 0 aliphatic carbocycles. The molecule has 0 radical (unpaired) electrons. The highest BCUT2D eigenvalue weighted by Crippen LogP contribution is 2.37. The van der Waals surface area contributed by atoms with E-state index < -0.39 is 0 Å². The Labute approximate surface area is 167 Å². The minimum atomic E-state index is -0.370. The van der Waals surface area contributed by atoms with Gasteiger partial charge in [0.1, 0.15) is 12.2 Å². The van der Waals surface area contributed by atoms with Gasteiger partial charge in [-0.15, -0.1) is 0 Å². The second-order valence-electron chi connectivity index (χ2n) is 6.75. The normalized spacial score (nSPS) is 12.8. The number of benzene rings is 1. The molecule has 0 aliphatic heterocycles. The number of carbonyl (C=O) groups is 1. The molecule has 3 rings (SSSR count). The third kappa shape index (κ3) is 4.25. The molecule has 1 unspecified atom stereocenters. The van der Waals surface area contributed by atoms with Crippen LogP contribution in [0.5, 0.6) is 0 Å². The van der Waals surface area contributed by atoms with Crippen LogP contribution in [0.1, 0.15) is 37.5 Å². The SMILES string of the molecule is CC.COCC(C)(c1ccc(C)cc1)c1cn(CC(=O)OC)c2ncccc12. The number of ether oxygens (including phenoxy) is 2. The standard InChI is InChI=1S/C21H24N2O3.C2H6/c1-15-7-9-16(10-8-15)21(2,14-25-3)18-12-23(13-19(24)26-4)20-17(18)6-5-11-22-20;1-2/h5-12H,13-14H2,1-4H3;1-2H3. The average molecular weight is 383 g/mol. The lowest BCUT2D eigenvalue weighted by Gasteiger charge is -2.29. The summed E-state index contributed by atoms with van der Waals surface area (Å²) in [6, 6.07) is 12.4. The Morgan fingerprint density at radius 3 is 2.43 bits per heavy atom. The molecule has 1 aromatic carbocycles. The van der Waals surface area contributed by atoms with E-state index in [1.165, 1.54) is 12.7 Å². The molecule has 2 heterocycles. The van der Waals surface area contributed by atoms with E-state index in [1.54, 1.807) is 13.3 Å². The summed E-state index contributed by atoms with van der Waals surface area (Å²) in [5.41, 5.74) is 3.84. The lowest BCUT2D eigenvalue weighted by Crippen LogP contribution is -2.29. The number of methoxy groups -OCH3 is 2. The molecule has 0 amide bonds. The van der Waals surface area contributed by atoms with E-state index in [-0.39, 0.29) is 17.9 Å². The Morgan fingerprint density at radius 1 is 1.14 bits per heavy atom. The lowest BCUT2D eigenvalue weighted by atomic mass is 9.76. The Morgan fingerprint density at radius 2 is 1.82 bits per heavy atom. The van der Waals surface area contributed by atoms with Crippen LogP contribution < -0.4 is 0 Å². The molecule has 0 saturated carbocycles. The Hall–Kier alpha value is -2.66. The molecular weight excluding hydrogens is 352 g/mol. The first-order chi connectivity index (χ1) is 13.5. The monoisotopic (exact) mass is 382 g/mol. The largest absolute Gasteiger partial charge is 0.468 e. The number of fused-ring (bicyclic) bond motifs is 1. The Balaban J connectivity index is 0.00000136. The smallest absolute Gasteiger partial charge is 0.325 e. The second-order valence-corrected chi connectivity index (χ2v) is 6.75. The van der Waals surface area contributed by atoms with Crippen molar-refractivity contribution in [2.45, 2.75) is 39.7 Å². The van der Waals surface area contributed by atoms with E-state index in [0.717, 1.165) is 22.2 Å². The molecule has 0 saturated heterocycles. The maximum absolute atomic E-state index is 11.8. The van der Waals surface area contributed by atoms with Crippen LogP contribution in [0.3, 0.4) is 0 Å². The molecule has 0 N–H and O–H groups in total. The van der Waals surface area contributed by atoms with Gasteiger partial charge in [0.25, 0.3) is 0 Å². The highest BCUT2D eigenvalue weighted by atomic mass is 16.5. The number of pyridine rings is 1. The van der Waals surface area contributed by atoms with E-state index >= 15 is 0 Å². The third-order valence-electron chi connectivity index (χ3n) is 4.88.